The maximum Gasteiger partial charge on any atom is 0.410 e. The SMILES string of the molecule is CCc1cccc(-c2c(Cl)cccc2C(O)(CCCNC(=O)O)[C@@H]2CCCN(C(=O)c3ccc(CN(C)C(=O)OC(C)(C)C)cc3CCC#N)C2)c1. The summed E-state index contributed by atoms with van der Waals surface area (Å²) in [6, 6.07) is 21.2. The number of nitrogens with one attached hydrogen (secondary N) is 1. The molecule has 0 aliphatic carbocycles. The molecule has 3 aromatic rings. The molecule has 2 atom stereocenters. The predicted molar refractivity (Wildman–Crippen MR) is 202 cm³/mol. The lowest BCUT2D eigenvalue weighted by Crippen LogP contribution is -2.48. The molecule has 1 fully saturated rings. The molecule has 0 saturated carbocycles. The van der Waals surface area contributed by atoms with Crippen LogP contribution in [0, 0.1) is 17.2 Å². The molecule has 0 bridgehead atoms. The van der Waals surface area contributed by atoms with Crippen LogP contribution in [0.25, 0.3) is 11.1 Å². The summed E-state index contributed by atoms with van der Waals surface area (Å²) in [7, 11) is 1.65. The van der Waals surface area contributed by atoms with E-state index in [4.69, 9.17) is 16.3 Å². The molecule has 11 heteroatoms. The zero-order valence-corrected chi connectivity index (χ0v) is 31.6. The van der Waals surface area contributed by atoms with Crippen molar-refractivity contribution in [1.82, 2.24) is 15.1 Å². The van der Waals surface area contributed by atoms with Crippen LogP contribution in [0.2, 0.25) is 5.02 Å². The second kappa shape index (κ2) is 17.8. The highest BCUT2D eigenvalue weighted by Gasteiger charge is 2.43. The molecule has 3 N–H and O–H groups in total. The van der Waals surface area contributed by atoms with Gasteiger partial charge in [0.25, 0.3) is 5.91 Å². The molecular formula is C41H51ClN4O6. The van der Waals surface area contributed by atoms with Crippen LogP contribution in [0.3, 0.4) is 0 Å². The number of hydrogen-bond acceptors (Lipinski definition) is 6. The van der Waals surface area contributed by atoms with Gasteiger partial charge in [0.1, 0.15) is 5.60 Å². The van der Waals surface area contributed by atoms with Crippen LogP contribution < -0.4 is 5.32 Å². The van der Waals surface area contributed by atoms with E-state index in [1.807, 2.05) is 42.5 Å². The summed E-state index contributed by atoms with van der Waals surface area (Å²) in [5, 5.41) is 34.4. The number of aryl methyl sites for hydroxylation is 2. The first-order valence-corrected chi connectivity index (χ1v) is 18.3. The monoisotopic (exact) mass is 730 g/mol. The molecular weight excluding hydrogens is 680 g/mol. The molecule has 0 aromatic heterocycles. The van der Waals surface area contributed by atoms with Crippen molar-refractivity contribution in [3.63, 3.8) is 0 Å². The average Bonchev–Trinajstić information content (AvgIpc) is 3.11. The molecule has 0 radical (unpaired) electrons. The second-order valence-electron chi connectivity index (χ2n) is 14.6. The van der Waals surface area contributed by atoms with Gasteiger partial charge in [-0.15, -0.1) is 0 Å². The summed E-state index contributed by atoms with van der Waals surface area (Å²) in [6.45, 7) is 8.68. The summed E-state index contributed by atoms with van der Waals surface area (Å²) in [5.41, 5.74) is 3.30. The van der Waals surface area contributed by atoms with Crippen LogP contribution in [0.1, 0.15) is 92.4 Å². The summed E-state index contributed by atoms with van der Waals surface area (Å²) < 4.78 is 5.49. The molecule has 1 saturated heterocycles. The molecule has 278 valence electrons. The number of carbonyl (C=O) groups is 3. The van der Waals surface area contributed by atoms with Gasteiger partial charge < -0.3 is 30.1 Å². The Morgan fingerprint density at radius 1 is 1.10 bits per heavy atom. The number of amides is 3. The molecule has 1 heterocycles. The van der Waals surface area contributed by atoms with Gasteiger partial charge in [-0.3, -0.25) is 4.79 Å². The summed E-state index contributed by atoms with van der Waals surface area (Å²) in [5.74, 6) is -0.576. The number of piperidine rings is 1. The lowest BCUT2D eigenvalue weighted by molar-refractivity contribution is -0.0563. The zero-order valence-electron chi connectivity index (χ0n) is 30.9. The Hall–Kier alpha value is -4.59. The van der Waals surface area contributed by atoms with Crippen molar-refractivity contribution in [2.45, 2.75) is 90.4 Å². The largest absolute Gasteiger partial charge is 0.465 e. The number of likely N-dealkylation sites (tertiary alicyclic amines) is 1. The second-order valence-corrected chi connectivity index (χ2v) is 15.0. The van der Waals surface area contributed by atoms with Crippen LogP contribution >= 0.6 is 11.6 Å². The lowest BCUT2D eigenvalue weighted by Gasteiger charge is -2.44. The molecule has 3 amide bonds. The minimum absolute atomic E-state index is 0.159. The van der Waals surface area contributed by atoms with Crippen molar-refractivity contribution in [1.29, 1.82) is 5.26 Å². The van der Waals surface area contributed by atoms with E-state index in [0.717, 1.165) is 28.7 Å². The number of aliphatic hydroxyl groups is 1. The molecule has 1 unspecified atom stereocenters. The molecule has 1 aliphatic rings. The Balaban J connectivity index is 1.68. The molecule has 0 spiro atoms. The van der Waals surface area contributed by atoms with E-state index in [9.17, 15) is 29.9 Å². The van der Waals surface area contributed by atoms with Crippen LogP contribution in [0.4, 0.5) is 9.59 Å². The van der Waals surface area contributed by atoms with E-state index in [-0.39, 0.29) is 44.3 Å². The fourth-order valence-electron chi connectivity index (χ4n) is 6.99. The van der Waals surface area contributed by atoms with Crippen molar-refractivity contribution in [3.05, 3.63) is 93.5 Å². The van der Waals surface area contributed by atoms with E-state index < -0.39 is 23.4 Å². The molecule has 4 rings (SSSR count). The van der Waals surface area contributed by atoms with Crippen LogP contribution in [-0.2, 0) is 29.7 Å². The van der Waals surface area contributed by atoms with Crippen molar-refractivity contribution in [3.8, 4) is 17.2 Å². The smallest absolute Gasteiger partial charge is 0.410 e. The van der Waals surface area contributed by atoms with Crippen LogP contribution in [0.15, 0.2) is 60.7 Å². The Labute approximate surface area is 312 Å². The summed E-state index contributed by atoms with van der Waals surface area (Å²) in [4.78, 5) is 41.4. The minimum Gasteiger partial charge on any atom is -0.465 e. The Morgan fingerprint density at radius 2 is 1.85 bits per heavy atom. The van der Waals surface area contributed by atoms with Gasteiger partial charge in [0.05, 0.1) is 11.7 Å². The van der Waals surface area contributed by atoms with Crippen molar-refractivity contribution in [2.75, 3.05) is 26.7 Å². The summed E-state index contributed by atoms with van der Waals surface area (Å²) >= 11 is 6.90. The average molecular weight is 731 g/mol. The lowest BCUT2D eigenvalue weighted by atomic mass is 9.72. The van der Waals surface area contributed by atoms with Crippen LogP contribution in [0.5, 0.6) is 0 Å². The number of nitrogens with zero attached hydrogens (tertiary/aromatic N) is 3. The van der Waals surface area contributed by atoms with Gasteiger partial charge in [-0.2, -0.15) is 5.26 Å². The first-order chi connectivity index (χ1) is 24.7. The van der Waals surface area contributed by atoms with E-state index in [1.165, 1.54) is 4.90 Å². The fourth-order valence-corrected chi connectivity index (χ4v) is 7.27. The normalized spacial score (nSPS) is 15.7. The highest BCUT2D eigenvalue weighted by Crippen LogP contribution is 2.46. The highest BCUT2D eigenvalue weighted by molar-refractivity contribution is 6.33. The van der Waals surface area contributed by atoms with E-state index in [1.54, 1.807) is 44.9 Å². The van der Waals surface area contributed by atoms with Crippen molar-refractivity contribution in [2.24, 2.45) is 5.92 Å². The Kier molecular flexibility index (Phi) is 13.7. The van der Waals surface area contributed by atoms with Gasteiger partial charge in [-0.1, -0.05) is 67.1 Å². The fraction of sp³-hybridized carbons (Fsp3) is 0.463. The predicted octanol–water partition coefficient (Wildman–Crippen LogP) is 8.18. The number of hydrogen-bond donors (Lipinski definition) is 3. The first kappa shape index (κ1) is 40.2. The third-order valence-corrected chi connectivity index (χ3v) is 9.84. The first-order valence-electron chi connectivity index (χ1n) is 18.0. The molecule has 52 heavy (non-hydrogen) atoms. The van der Waals surface area contributed by atoms with Gasteiger partial charge in [-0.05, 0) is 99.2 Å². The Bertz CT molecular complexity index is 1780. The molecule has 3 aromatic carbocycles. The minimum atomic E-state index is -1.44. The van der Waals surface area contributed by atoms with Crippen molar-refractivity contribution >= 4 is 29.7 Å². The van der Waals surface area contributed by atoms with Gasteiger partial charge in [0.15, 0.2) is 0 Å². The highest BCUT2D eigenvalue weighted by atomic mass is 35.5. The van der Waals surface area contributed by atoms with Gasteiger partial charge in [0.2, 0.25) is 0 Å². The maximum absolute atomic E-state index is 14.3. The summed E-state index contributed by atoms with van der Waals surface area (Å²) in [6.07, 6.45) is 1.72. The third-order valence-electron chi connectivity index (χ3n) is 9.53. The standard InChI is InChI=1S/C41H51ClN4O6/c1-6-28-12-7-13-31(24-28)36-34(16-8-17-35(36)42)41(51,20-11-22-44-38(48)49)32-15-10-23-46(27-32)37(47)33-19-18-29(25-30(33)14-9-21-43)26-45(5)39(50)52-40(2,3)4/h7-8,12-13,16-19,24-25,32,44,51H,6,9-11,14-15,20,22-23,26-27H2,1-5H3,(H,48,49)/t32-,41?/m1/s1. The van der Waals surface area contributed by atoms with Crippen molar-refractivity contribution < 1.29 is 29.3 Å². The Morgan fingerprint density at radius 3 is 2.54 bits per heavy atom. The number of carbonyl (C=O) groups excluding carboxylic acids is 2. The number of benzene rings is 3. The zero-order chi connectivity index (χ0) is 38.1. The van der Waals surface area contributed by atoms with E-state index >= 15 is 0 Å². The topological polar surface area (TPSA) is 143 Å². The molecule has 1 aliphatic heterocycles. The van der Waals surface area contributed by atoms with Gasteiger partial charge >= 0.3 is 12.2 Å². The quantitative estimate of drug-likeness (QED) is 0.151. The van der Waals surface area contributed by atoms with Gasteiger partial charge in [-0.25, -0.2) is 9.59 Å². The van der Waals surface area contributed by atoms with E-state index in [0.29, 0.717) is 53.9 Å². The molecule has 10 nitrogen and oxygen atoms in total. The van der Waals surface area contributed by atoms with Gasteiger partial charge in [0, 0.05) is 61.7 Å². The number of ether oxygens (including phenoxy) is 1. The number of nitriles is 1. The number of rotatable bonds is 13. The number of halogens is 1. The number of carboxylic acid groups (broad SMARTS) is 1. The third kappa shape index (κ3) is 10.3. The van der Waals surface area contributed by atoms with E-state index in [2.05, 4.69) is 24.4 Å². The van der Waals surface area contributed by atoms with Crippen LogP contribution in [-0.4, -0.2) is 70.4 Å². The maximum atomic E-state index is 14.3.